The van der Waals surface area contributed by atoms with Gasteiger partial charge in [-0.3, -0.25) is 9.36 Å². The molecule has 0 aliphatic heterocycles. The predicted molar refractivity (Wildman–Crippen MR) is 98.9 cm³/mol. The van der Waals surface area contributed by atoms with Gasteiger partial charge in [0.2, 0.25) is 0 Å². The molecule has 0 aliphatic rings. The Morgan fingerprint density at radius 3 is 3.00 bits per heavy atom. The smallest absolute Gasteiger partial charge is 0.341 e. The molecule has 7 nitrogen and oxygen atoms in total. The van der Waals surface area contributed by atoms with E-state index in [0.29, 0.717) is 22.3 Å². The van der Waals surface area contributed by atoms with Crippen LogP contribution in [0.5, 0.6) is 0 Å². The summed E-state index contributed by atoms with van der Waals surface area (Å²) in [5.74, 6) is -0.446. The highest BCUT2D eigenvalue weighted by Gasteiger charge is 2.14. The first-order valence-corrected chi connectivity index (χ1v) is 8.95. The van der Waals surface area contributed by atoms with Crippen molar-refractivity contribution in [2.75, 3.05) is 7.11 Å². The maximum atomic E-state index is 12.7. The Kier molecular flexibility index (Phi) is 4.04. The molecule has 4 rings (SSSR count). The Hall–Kier alpha value is -3.00. The van der Waals surface area contributed by atoms with Crippen molar-refractivity contribution in [3.05, 3.63) is 63.4 Å². The van der Waals surface area contributed by atoms with Gasteiger partial charge in [0.05, 0.1) is 31.1 Å². The monoisotopic (exact) mass is 368 g/mol. The number of methoxy groups -OCH3 is 1. The summed E-state index contributed by atoms with van der Waals surface area (Å²) in [5, 5.41) is 0.633. The summed E-state index contributed by atoms with van der Waals surface area (Å²) >= 11 is 1.54. The molecule has 0 atom stereocenters. The van der Waals surface area contributed by atoms with Gasteiger partial charge in [0.25, 0.3) is 5.56 Å². The molecule has 0 saturated carbocycles. The van der Waals surface area contributed by atoms with E-state index in [1.54, 1.807) is 46.6 Å². The Labute approximate surface area is 152 Å². The molecule has 0 amide bonds. The number of aryl methyl sites for hydroxylation is 1. The van der Waals surface area contributed by atoms with E-state index in [0.717, 1.165) is 16.1 Å². The third-order valence-corrected chi connectivity index (χ3v) is 5.38. The number of esters is 1. The fourth-order valence-corrected chi connectivity index (χ4v) is 3.81. The van der Waals surface area contributed by atoms with Crippen molar-refractivity contribution < 1.29 is 9.53 Å². The fourth-order valence-electron chi connectivity index (χ4n) is 2.88. The quantitative estimate of drug-likeness (QED) is 0.517. The van der Waals surface area contributed by atoms with E-state index < -0.39 is 5.97 Å². The summed E-state index contributed by atoms with van der Waals surface area (Å²) in [6.45, 7) is 2.33. The van der Waals surface area contributed by atoms with Gasteiger partial charge in [0, 0.05) is 17.3 Å². The zero-order valence-electron chi connectivity index (χ0n) is 14.3. The van der Waals surface area contributed by atoms with E-state index in [1.807, 2.05) is 6.07 Å². The summed E-state index contributed by atoms with van der Waals surface area (Å²) in [5.41, 5.74) is 1.46. The molecule has 4 aromatic heterocycles. The van der Waals surface area contributed by atoms with Crippen LogP contribution in [0.1, 0.15) is 27.9 Å². The molecule has 0 aliphatic carbocycles. The molecule has 4 aromatic rings. The van der Waals surface area contributed by atoms with Crippen LogP contribution in [0.2, 0.25) is 0 Å². The van der Waals surface area contributed by atoms with Crippen molar-refractivity contribution in [3.63, 3.8) is 0 Å². The average Bonchev–Trinajstić information content (AvgIpc) is 3.26. The van der Waals surface area contributed by atoms with Crippen molar-refractivity contribution in [1.29, 1.82) is 0 Å². The molecule has 0 saturated heterocycles. The molecule has 8 heteroatoms. The van der Waals surface area contributed by atoms with Crippen LogP contribution in [-0.2, 0) is 17.7 Å². The molecule has 0 unspecified atom stereocenters. The Morgan fingerprint density at radius 1 is 1.38 bits per heavy atom. The topological polar surface area (TPSA) is 78.5 Å². The largest absolute Gasteiger partial charge is 0.465 e. The highest BCUT2D eigenvalue weighted by Crippen LogP contribution is 2.21. The summed E-state index contributed by atoms with van der Waals surface area (Å²) < 4.78 is 8.08. The number of fused-ring (bicyclic) bond motifs is 2. The molecule has 0 spiro atoms. The Balaban J connectivity index is 1.75. The van der Waals surface area contributed by atoms with Crippen LogP contribution in [0.25, 0.3) is 15.9 Å². The molecule has 26 heavy (non-hydrogen) atoms. The van der Waals surface area contributed by atoms with Crippen molar-refractivity contribution in [2.45, 2.75) is 19.9 Å². The number of rotatable bonds is 4. The highest BCUT2D eigenvalue weighted by molar-refractivity contribution is 7.18. The molecular formula is C18H16N4O3S. The van der Waals surface area contributed by atoms with Crippen LogP contribution in [-0.4, -0.2) is 32.0 Å². The lowest BCUT2D eigenvalue weighted by Gasteiger charge is -2.02. The first-order chi connectivity index (χ1) is 12.6. The highest BCUT2D eigenvalue weighted by atomic mass is 32.1. The number of imidazole rings is 1. The van der Waals surface area contributed by atoms with Gasteiger partial charge in [0.1, 0.15) is 10.4 Å². The summed E-state index contributed by atoms with van der Waals surface area (Å²) in [7, 11) is 1.33. The Bertz CT molecular complexity index is 1190. The molecule has 0 aromatic carbocycles. The molecule has 0 N–H and O–H groups in total. The lowest BCUT2D eigenvalue weighted by atomic mass is 10.3. The van der Waals surface area contributed by atoms with Crippen LogP contribution in [0.4, 0.5) is 0 Å². The van der Waals surface area contributed by atoms with Gasteiger partial charge in [-0.05, 0) is 24.6 Å². The van der Waals surface area contributed by atoms with Gasteiger partial charge in [-0.25, -0.2) is 14.8 Å². The van der Waals surface area contributed by atoms with Gasteiger partial charge in [-0.15, -0.1) is 11.3 Å². The van der Waals surface area contributed by atoms with Gasteiger partial charge in [-0.2, -0.15) is 0 Å². The SMILES string of the molecule is CCc1cc2c(=O)n(Cc3cn4cccc(C(=O)OC)c4n3)cnc2s1. The van der Waals surface area contributed by atoms with E-state index in [9.17, 15) is 9.59 Å². The molecule has 0 radical (unpaired) electrons. The van der Waals surface area contributed by atoms with Gasteiger partial charge < -0.3 is 9.14 Å². The van der Waals surface area contributed by atoms with Crippen molar-refractivity contribution in [1.82, 2.24) is 18.9 Å². The third kappa shape index (κ3) is 2.68. The van der Waals surface area contributed by atoms with Crippen molar-refractivity contribution in [2.24, 2.45) is 0 Å². The second-order valence-electron chi connectivity index (χ2n) is 5.84. The second kappa shape index (κ2) is 6.38. The minimum absolute atomic E-state index is 0.0869. The standard InChI is InChI=1S/C18H16N4O3S/c1-3-12-7-14-16(26-12)19-10-22(17(14)23)9-11-8-21-6-4-5-13(15(21)20-11)18(24)25-2/h4-8,10H,3,9H2,1-2H3. The number of pyridine rings is 1. The number of thiophene rings is 1. The number of ether oxygens (including phenoxy) is 1. The zero-order valence-corrected chi connectivity index (χ0v) is 15.1. The van der Waals surface area contributed by atoms with E-state index in [4.69, 9.17) is 4.74 Å². The first kappa shape index (κ1) is 16.5. The molecule has 0 bridgehead atoms. The van der Waals surface area contributed by atoms with Gasteiger partial charge >= 0.3 is 5.97 Å². The van der Waals surface area contributed by atoms with Crippen LogP contribution in [0.15, 0.2) is 41.7 Å². The van der Waals surface area contributed by atoms with E-state index in [-0.39, 0.29) is 12.1 Å². The van der Waals surface area contributed by atoms with Gasteiger partial charge in [-0.1, -0.05) is 6.92 Å². The van der Waals surface area contributed by atoms with Crippen LogP contribution >= 0.6 is 11.3 Å². The number of aromatic nitrogens is 4. The van der Waals surface area contributed by atoms with Crippen LogP contribution in [0, 0.1) is 0 Å². The average molecular weight is 368 g/mol. The molecule has 4 heterocycles. The maximum absolute atomic E-state index is 12.7. The summed E-state index contributed by atoms with van der Waals surface area (Å²) in [6.07, 6.45) is 6.02. The van der Waals surface area contributed by atoms with Crippen LogP contribution in [0.3, 0.4) is 0 Å². The van der Waals surface area contributed by atoms with E-state index >= 15 is 0 Å². The number of carbonyl (C=O) groups is 1. The number of carbonyl (C=O) groups excluding carboxylic acids is 1. The number of nitrogens with zero attached hydrogens (tertiary/aromatic N) is 4. The van der Waals surface area contributed by atoms with Crippen LogP contribution < -0.4 is 5.56 Å². The lowest BCUT2D eigenvalue weighted by molar-refractivity contribution is 0.0602. The second-order valence-corrected chi connectivity index (χ2v) is 6.95. The maximum Gasteiger partial charge on any atom is 0.341 e. The summed E-state index contributed by atoms with van der Waals surface area (Å²) in [4.78, 5) is 35.4. The molecule has 132 valence electrons. The number of hydrogen-bond acceptors (Lipinski definition) is 6. The van der Waals surface area contributed by atoms with E-state index in [1.165, 1.54) is 11.7 Å². The third-order valence-electron chi connectivity index (χ3n) is 4.19. The zero-order chi connectivity index (χ0) is 18.3. The lowest BCUT2D eigenvalue weighted by Crippen LogP contribution is -2.20. The predicted octanol–water partition coefficient (Wildman–Crippen LogP) is 2.50. The normalized spacial score (nSPS) is 11.3. The van der Waals surface area contributed by atoms with Gasteiger partial charge in [0.15, 0.2) is 5.65 Å². The first-order valence-electron chi connectivity index (χ1n) is 8.13. The molecular weight excluding hydrogens is 352 g/mol. The summed E-state index contributed by atoms with van der Waals surface area (Å²) in [6, 6.07) is 5.32. The molecule has 0 fully saturated rings. The van der Waals surface area contributed by atoms with Crippen molar-refractivity contribution in [3.8, 4) is 0 Å². The minimum atomic E-state index is -0.446. The fraction of sp³-hybridized carbons (Fsp3) is 0.222. The Morgan fingerprint density at radius 2 is 2.23 bits per heavy atom. The van der Waals surface area contributed by atoms with Crippen molar-refractivity contribution >= 4 is 33.2 Å². The van der Waals surface area contributed by atoms with E-state index in [2.05, 4.69) is 16.9 Å². The number of hydrogen-bond donors (Lipinski definition) is 0. The minimum Gasteiger partial charge on any atom is -0.465 e.